The van der Waals surface area contributed by atoms with Crippen LogP contribution in [0.1, 0.15) is 116 Å². The van der Waals surface area contributed by atoms with E-state index in [9.17, 15) is 24.3 Å². The van der Waals surface area contributed by atoms with E-state index in [4.69, 9.17) is 0 Å². The van der Waals surface area contributed by atoms with E-state index in [2.05, 4.69) is 10.2 Å². The van der Waals surface area contributed by atoms with Crippen LogP contribution in [0.15, 0.2) is 68.3 Å². The lowest BCUT2D eigenvalue weighted by atomic mass is 9.94. The summed E-state index contributed by atoms with van der Waals surface area (Å²) in [6, 6.07) is 13.0. The molecular formula is C32H35N5O5. The molecule has 3 aromatic rings. The van der Waals surface area contributed by atoms with Crippen molar-refractivity contribution in [2.24, 2.45) is 10.2 Å². The number of aromatic nitrogens is 2. The lowest BCUT2D eigenvalue weighted by molar-refractivity contribution is 0.0595. The summed E-state index contributed by atoms with van der Waals surface area (Å²) in [6.07, 6.45) is 8.68. The van der Waals surface area contributed by atoms with Crippen LogP contribution in [-0.2, 0) is 0 Å². The summed E-state index contributed by atoms with van der Waals surface area (Å²) < 4.78 is 2.59. The fraction of sp³-hybridized carbons (Fsp3) is 0.438. The van der Waals surface area contributed by atoms with E-state index in [1.165, 1.54) is 14.0 Å². The van der Waals surface area contributed by atoms with Gasteiger partial charge in [-0.15, -0.1) is 10.2 Å². The van der Waals surface area contributed by atoms with Gasteiger partial charge in [-0.25, -0.2) is 4.79 Å². The van der Waals surface area contributed by atoms with Crippen LogP contribution in [0, 0.1) is 0 Å². The third-order valence-electron chi connectivity index (χ3n) is 9.00. The zero-order valence-corrected chi connectivity index (χ0v) is 23.7. The van der Waals surface area contributed by atoms with Gasteiger partial charge in [-0.1, -0.05) is 74.9 Å². The molecule has 0 spiro atoms. The quantitative estimate of drug-likeness (QED) is 0.268. The van der Waals surface area contributed by atoms with Crippen LogP contribution in [0.5, 0.6) is 5.88 Å². The Morgan fingerprint density at radius 2 is 1.36 bits per heavy atom. The number of carbonyl (C=O) groups excluding carboxylic acids is 2. The molecule has 2 amide bonds. The molecule has 2 aliphatic carbocycles. The van der Waals surface area contributed by atoms with Gasteiger partial charge in [0.05, 0.1) is 22.9 Å². The van der Waals surface area contributed by atoms with Crippen LogP contribution in [-0.4, -0.2) is 31.0 Å². The summed E-state index contributed by atoms with van der Waals surface area (Å²) in [4.78, 5) is 55.5. The third-order valence-corrected chi connectivity index (χ3v) is 9.00. The molecule has 0 bridgehead atoms. The lowest BCUT2D eigenvalue weighted by Crippen LogP contribution is -2.43. The first kappa shape index (κ1) is 27.8. The monoisotopic (exact) mass is 569 g/mol. The molecule has 218 valence electrons. The van der Waals surface area contributed by atoms with E-state index >= 15 is 0 Å². The van der Waals surface area contributed by atoms with Crippen molar-refractivity contribution < 1.29 is 14.7 Å². The average Bonchev–Trinajstić information content (AvgIpc) is 3.28. The number of carbonyl (C=O) groups is 2. The zero-order chi connectivity index (χ0) is 29.4. The Bertz CT molecular complexity index is 1660. The average molecular weight is 570 g/mol. The maximum atomic E-state index is 13.7. The Labute approximate surface area is 243 Å². The number of rotatable bonds is 6. The summed E-state index contributed by atoms with van der Waals surface area (Å²) >= 11 is 0. The zero-order valence-electron chi connectivity index (χ0n) is 23.7. The van der Waals surface area contributed by atoms with Gasteiger partial charge in [-0.3, -0.25) is 28.4 Å². The van der Waals surface area contributed by atoms with Gasteiger partial charge in [-0.2, -0.15) is 0 Å². The fourth-order valence-electron chi connectivity index (χ4n) is 6.74. The summed E-state index contributed by atoms with van der Waals surface area (Å²) in [7, 11) is 0. The van der Waals surface area contributed by atoms with Gasteiger partial charge in [0.1, 0.15) is 0 Å². The van der Waals surface area contributed by atoms with Crippen molar-refractivity contribution in [1.82, 2.24) is 14.0 Å². The van der Waals surface area contributed by atoms with E-state index < -0.39 is 35.0 Å². The smallest absolute Gasteiger partial charge is 0.334 e. The molecule has 6 rings (SSSR count). The Morgan fingerprint density at radius 3 is 2.00 bits per heavy atom. The standard InChI is InChI=1S/C32H35N5O5/c1-20(21-12-5-2-6-13-21)35-28(38)24-18-11-19-25(26(24)29(35)39)33-34-27-30(40)36(22-14-7-3-8-15-22)32(42)37(31(27)41)23-16-9-4-10-17-23/h2,5-6,11-13,18-20,22-23,40H,3-4,7-10,14-17H2,1H3. The summed E-state index contributed by atoms with van der Waals surface area (Å²) in [5.41, 5.74) is -0.274. The number of fused-ring (bicyclic) bond motifs is 1. The van der Waals surface area contributed by atoms with Crippen LogP contribution in [0.3, 0.4) is 0 Å². The van der Waals surface area contributed by atoms with Crippen molar-refractivity contribution in [2.75, 3.05) is 0 Å². The van der Waals surface area contributed by atoms with E-state index in [0.717, 1.165) is 56.9 Å². The normalized spacial score (nSPS) is 19.0. The van der Waals surface area contributed by atoms with E-state index in [1.54, 1.807) is 25.1 Å². The summed E-state index contributed by atoms with van der Waals surface area (Å²) in [6.45, 7) is 1.79. The maximum Gasteiger partial charge on any atom is 0.334 e. The number of azo groups is 1. The van der Waals surface area contributed by atoms with Crippen LogP contribution >= 0.6 is 0 Å². The second kappa shape index (κ2) is 11.5. The van der Waals surface area contributed by atoms with Gasteiger partial charge in [-0.05, 0) is 50.3 Å². The molecule has 2 saturated carbocycles. The molecule has 2 fully saturated rings. The van der Waals surface area contributed by atoms with Gasteiger partial charge in [0.2, 0.25) is 11.6 Å². The Morgan fingerprint density at radius 1 is 0.738 bits per heavy atom. The van der Waals surface area contributed by atoms with E-state index in [-0.39, 0.29) is 34.6 Å². The highest BCUT2D eigenvalue weighted by Gasteiger charge is 2.41. The number of hydrogen-bond acceptors (Lipinski definition) is 7. The SMILES string of the molecule is CC(c1ccccc1)N1C(=O)c2cccc(N=Nc3c(O)n(C4CCCCC4)c(=O)n(C4CCCCC4)c3=O)c2C1=O. The number of hydrogen-bond donors (Lipinski definition) is 1. The molecule has 42 heavy (non-hydrogen) atoms. The van der Waals surface area contributed by atoms with Crippen molar-refractivity contribution in [2.45, 2.75) is 89.3 Å². The van der Waals surface area contributed by atoms with Crippen molar-refractivity contribution in [3.8, 4) is 5.88 Å². The molecule has 2 heterocycles. The number of amides is 2. The third kappa shape index (κ3) is 4.78. The number of aromatic hydroxyl groups is 1. The lowest BCUT2D eigenvalue weighted by Gasteiger charge is -2.28. The minimum absolute atomic E-state index is 0.0988. The van der Waals surface area contributed by atoms with Gasteiger partial charge in [0.25, 0.3) is 17.4 Å². The second-order valence-electron chi connectivity index (χ2n) is 11.6. The minimum atomic E-state index is -0.686. The van der Waals surface area contributed by atoms with Crippen molar-refractivity contribution >= 4 is 23.2 Å². The molecule has 1 aromatic heterocycles. The highest BCUT2D eigenvalue weighted by molar-refractivity contribution is 6.23. The topological polar surface area (TPSA) is 126 Å². The summed E-state index contributed by atoms with van der Waals surface area (Å²) in [5.74, 6) is -1.43. The van der Waals surface area contributed by atoms with Gasteiger partial charge in [0, 0.05) is 12.1 Å². The van der Waals surface area contributed by atoms with E-state index in [1.807, 2.05) is 30.3 Å². The highest BCUT2D eigenvalue weighted by atomic mass is 16.3. The molecule has 1 aliphatic heterocycles. The van der Waals surface area contributed by atoms with Crippen LogP contribution in [0.4, 0.5) is 11.4 Å². The van der Waals surface area contributed by atoms with Crippen molar-refractivity contribution in [3.05, 3.63) is 86.1 Å². The first-order chi connectivity index (χ1) is 20.4. The molecule has 1 N–H and O–H groups in total. The van der Waals surface area contributed by atoms with Crippen LogP contribution in [0.2, 0.25) is 0 Å². The number of imide groups is 1. The molecule has 0 radical (unpaired) electrons. The van der Waals surface area contributed by atoms with Gasteiger partial charge < -0.3 is 5.11 Å². The largest absolute Gasteiger partial charge is 0.493 e. The number of nitrogens with zero attached hydrogens (tertiary/aromatic N) is 5. The van der Waals surface area contributed by atoms with Gasteiger partial charge in [0.15, 0.2) is 0 Å². The molecule has 1 unspecified atom stereocenters. The molecule has 0 saturated heterocycles. The van der Waals surface area contributed by atoms with Crippen LogP contribution in [0.25, 0.3) is 0 Å². The van der Waals surface area contributed by atoms with Crippen molar-refractivity contribution in [3.63, 3.8) is 0 Å². The molecule has 2 aromatic carbocycles. The second-order valence-corrected chi connectivity index (χ2v) is 11.6. The Hall–Kier alpha value is -4.34. The molecular weight excluding hydrogens is 534 g/mol. The molecule has 10 nitrogen and oxygen atoms in total. The fourth-order valence-corrected chi connectivity index (χ4v) is 6.74. The minimum Gasteiger partial charge on any atom is -0.493 e. The Balaban J connectivity index is 1.42. The maximum absolute atomic E-state index is 13.7. The predicted molar refractivity (Wildman–Crippen MR) is 157 cm³/mol. The first-order valence-corrected chi connectivity index (χ1v) is 15.0. The summed E-state index contributed by atoms with van der Waals surface area (Å²) in [5, 5.41) is 19.8. The van der Waals surface area contributed by atoms with Crippen molar-refractivity contribution in [1.29, 1.82) is 0 Å². The van der Waals surface area contributed by atoms with Crippen LogP contribution < -0.4 is 11.2 Å². The number of benzene rings is 2. The molecule has 10 heteroatoms. The Kier molecular flexibility index (Phi) is 7.62. The first-order valence-electron chi connectivity index (χ1n) is 15.0. The van der Waals surface area contributed by atoms with E-state index in [0.29, 0.717) is 12.8 Å². The van der Waals surface area contributed by atoms with Gasteiger partial charge >= 0.3 is 5.69 Å². The predicted octanol–water partition coefficient (Wildman–Crippen LogP) is 6.50. The molecule has 3 aliphatic rings. The highest BCUT2D eigenvalue weighted by Crippen LogP contribution is 2.38. The molecule has 1 atom stereocenters.